The van der Waals surface area contributed by atoms with E-state index < -0.39 is 5.97 Å². The van der Waals surface area contributed by atoms with Gasteiger partial charge in [-0.1, -0.05) is 30.3 Å². The van der Waals surface area contributed by atoms with E-state index in [1.165, 1.54) is 6.07 Å². The molecule has 0 bridgehead atoms. The molecule has 0 spiro atoms. The van der Waals surface area contributed by atoms with Crippen molar-refractivity contribution in [3.8, 4) is 5.75 Å². The number of ether oxygens (including phenoxy) is 1. The number of carboxylic acid groups (broad SMARTS) is 1. The molecule has 114 valence electrons. The number of imidazole rings is 1. The molecule has 0 atom stereocenters. The average molecular weight is 319 g/mol. The van der Waals surface area contributed by atoms with Gasteiger partial charge in [0.25, 0.3) is 0 Å². The summed E-state index contributed by atoms with van der Waals surface area (Å²) in [6, 6.07) is 13.0. The predicted molar refractivity (Wildman–Crippen MR) is 86.1 cm³/mol. The maximum absolute atomic E-state index is 11.3. The lowest BCUT2D eigenvalue weighted by atomic mass is 10.1. The molecule has 0 saturated carbocycles. The number of aromatic amines is 1. The van der Waals surface area contributed by atoms with E-state index in [9.17, 15) is 9.90 Å². The van der Waals surface area contributed by atoms with Gasteiger partial charge in [0.15, 0.2) is 0 Å². The predicted octanol–water partition coefficient (Wildman–Crippen LogP) is 3.28. The second kappa shape index (κ2) is 6.49. The first-order chi connectivity index (χ1) is 10.2. The number of aromatic carboxylic acids is 1. The van der Waals surface area contributed by atoms with Crippen molar-refractivity contribution >= 4 is 29.4 Å². The summed E-state index contributed by atoms with van der Waals surface area (Å²) in [5, 5.41) is 9.25. The van der Waals surface area contributed by atoms with Gasteiger partial charge < -0.3 is 14.8 Å². The molecule has 0 unspecified atom stereocenters. The van der Waals surface area contributed by atoms with Crippen molar-refractivity contribution in [1.29, 1.82) is 0 Å². The van der Waals surface area contributed by atoms with Gasteiger partial charge in [-0.3, -0.25) is 0 Å². The fourth-order valence-electron chi connectivity index (χ4n) is 2.33. The molecule has 6 heteroatoms. The number of fused-ring (bicyclic) bond motifs is 1. The van der Waals surface area contributed by atoms with Crippen molar-refractivity contribution in [2.45, 2.75) is 6.42 Å². The first-order valence-electron chi connectivity index (χ1n) is 6.52. The molecule has 3 rings (SSSR count). The van der Waals surface area contributed by atoms with Gasteiger partial charge >= 0.3 is 5.97 Å². The number of nitrogens with zero attached hydrogens (tertiary/aromatic N) is 1. The number of carboxylic acids is 1. The number of aromatic nitrogens is 2. The summed E-state index contributed by atoms with van der Waals surface area (Å²) in [7, 11) is 1.55. The zero-order valence-corrected chi connectivity index (χ0v) is 12.7. The zero-order valence-electron chi connectivity index (χ0n) is 11.9. The van der Waals surface area contributed by atoms with Gasteiger partial charge in [-0.2, -0.15) is 0 Å². The average Bonchev–Trinajstić information content (AvgIpc) is 2.90. The Kier molecular flexibility index (Phi) is 4.68. The second-order valence-corrected chi connectivity index (χ2v) is 4.69. The highest BCUT2D eigenvalue weighted by molar-refractivity contribution is 6.02. The third-order valence-electron chi connectivity index (χ3n) is 3.32. The minimum atomic E-state index is -1.000. The maximum atomic E-state index is 11.3. The van der Waals surface area contributed by atoms with Crippen LogP contribution < -0.4 is 4.74 Å². The summed E-state index contributed by atoms with van der Waals surface area (Å²) in [6.07, 6.45) is 0.609. The van der Waals surface area contributed by atoms with Gasteiger partial charge in [0.1, 0.15) is 22.6 Å². The second-order valence-electron chi connectivity index (χ2n) is 4.69. The minimum absolute atomic E-state index is 0. The summed E-state index contributed by atoms with van der Waals surface area (Å²) in [4.78, 5) is 18.9. The van der Waals surface area contributed by atoms with Gasteiger partial charge in [0, 0.05) is 6.42 Å². The highest BCUT2D eigenvalue weighted by Crippen LogP contribution is 2.27. The molecular weight excluding hydrogens is 304 g/mol. The number of H-pyrrole nitrogens is 1. The molecular formula is C16H15ClN2O3. The number of rotatable bonds is 4. The number of benzene rings is 2. The smallest absolute Gasteiger partial charge is 0.337 e. The molecule has 1 aromatic heterocycles. The van der Waals surface area contributed by atoms with Crippen molar-refractivity contribution in [3.05, 3.63) is 59.4 Å². The lowest BCUT2D eigenvalue weighted by Crippen LogP contribution is -1.98. The molecule has 3 aromatic rings. The monoisotopic (exact) mass is 318 g/mol. The molecule has 1 heterocycles. The Bertz CT molecular complexity index is 800. The number of hydrogen-bond donors (Lipinski definition) is 2. The van der Waals surface area contributed by atoms with Crippen molar-refractivity contribution in [2.24, 2.45) is 0 Å². The van der Waals surface area contributed by atoms with Gasteiger partial charge in [0.2, 0.25) is 0 Å². The number of halogens is 1. The molecule has 0 aliphatic heterocycles. The van der Waals surface area contributed by atoms with E-state index in [4.69, 9.17) is 4.74 Å². The number of hydrogen-bond acceptors (Lipinski definition) is 3. The molecule has 0 aliphatic rings. The van der Waals surface area contributed by atoms with Crippen LogP contribution in [0.25, 0.3) is 11.0 Å². The zero-order chi connectivity index (χ0) is 14.8. The largest absolute Gasteiger partial charge is 0.494 e. The Morgan fingerprint density at radius 2 is 1.95 bits per heavy atom. The Morgan fingerprint density at radius 1 is 1.23 bits per heavy atom. The van der Waals surface area contributed by atoms with Crippen LogP contribution in [0.2, 0.25) is 0 Å². The van der Waals surface area contributed by atoms with Crippen LogP contribution in [-0.4, -0.2) is 28.2 Å². The SMILES string of the molecule is COc1ccc(C(=O)O)c2nc(Cc3ccccc3)[nH]c12.Cl. The van der Waals surface area contributed by atoms with Crippen molar-refractivity contribution in [1.82, 2.24) is 9.97 Å². The Morgan fingerprint density at radius 3 is 2.59 bits per heavy atom. The standard InChI is InChI=1S/C16H14N2O3.ClH/c1-21-12-8-7-11(16(19)20)14-15(12)18-13(17-14)9-10-5-3-2-4-6-10;/h2-8H,9H2,1H3,(H,17,18)(H,19,20);1H. The quantitative estimate of drug-likeness (QED) is 0.774. The van der Waals surface area contributed by atoms with E-state index >= 15 is 0 Å². The summed E-state index contributed by atoms with van der Waals surface area (Å²) in [5.74, 6) is 0.297. The Labute approximate surface area is 133 Å². The van der Waals surface area contributed by atoms with E-state index in [0.717, 1.165) is 5.56 Å². The number of methoxy groups -OCH3 is 1. The van der Waals surface area contributed by atoms with Crippen molar-refractivity contribution in [2.75, 3.05) is 7.11 Å². The van der Waals surface area contributed by atoms with Gasteiger partial charge in [-0.25, -0.2) is 9.78 Å². The van der Waals surface area contributed by atoms with Crippen LogP contribution in [0.15, 0.2) is 42.5 Å². The third-order valence-corrected chi connectivity index (χ3v) is 3.32. The summed E-state index contributed by atoms with van der Waals surface area (Å²) < 4.78 is 5.26. The van der Waals surface area contributed by atoms with Crippen molar-refractivity contribution in [3.63, 3.8) is 0 Å². The minimum Gasteiger partial charge on any atom is -0.494 e. The van der Waals surface area contributed by atoms with Gasteiger partial charge in [0.05, 0.1) is 12.7 Å². The Balaban J connectivity index is 0.00000176. The summed E-state index contributed by atoms with van der Waals surface area (Å²) in [6.45, 7) is 0. The first-order valence-corrected chi connectivity index (χ1v) is 6.52. The van der Waals surface area contributed by atoms with E-state index in [0.29, 0.717) is 29.0 Å². The van der Waals surface area contributed by atoms with Gasteiger partial charge in [-0.15, -0.1) is 12.4 Å². The van der Waals surface area contributed by atoms with E-state index in [2.05, 4.69) is 9.97 Å². The maximum Gasteiger partial charge on any atom is 0.337 e. The molecule has 2 N–H and O–H groups in total. The highest BCUT2D eigenvalue weighted by atomic mass is 35.5. The highest BCUT2D eigenvalue weighted by Gasteiger charge is 2.16. The van der Waals surface area contributed by atoms with Crippen LogP contribution in [0.4, 0.5) is 0 Å². The summed E-state index contributed by atoms with van der Waals surface area (Å²) >= 11 is 0. The van der Waals surface area contributed by atoms with Crippen LogP contribution in [0.1, 0.15) is 21.7 Å². The van der Waals surface area contributed by atoms with E-state index in [1.807, 2.05) is 30.3 Å². The molecule has 0 fully saturated rings. The lowest BCUT2D eigenvalue weighted by molar-refractivity contribution is 0.0699. The van der Waals surface area contributed by atoms with Crippen LogP contribution >= 0.6 is 12.4 Å². The molecule has 0 saturated heterocycles. The third kappa shape index (κ3) is 2.89. The van der Waals surface area contributed by atoms with Crippen LogP contribution in [0.3, 0.4) is 0 Å². The fraction of sp³-hybridized carbons (Fsp3) is 0.125. The normalized spacial score (nSPS) is 10.2. The summed E-state index contributed by atoms with van der Waals surface area (Å²) in [5.41, 5.74) is 2.31. The molecule has 2 aromatic carbocycles. The van der Waals surface area contributed by atoms with Crippen LogP contribution in [0, 0.1) is 0 Å². The fourth-order valence-corrected chi connectivity index (χ4v) is 2.33. The van der Waals surface area contributed by atoms with E-state index in [1.54, 1.807) is 13.2 Å². The first kappa shape index (κ1) is 15.9. The lowest BCUT2D eigenvalue weighted by Gasteiger charge is -2.02. The van der Waals surface area contributed by atoms with E-state index in [-0.39, 0.29) is 18.0 Å². The van der Waals surface area contributed by atoms with Gasteiger partial charge in [-0.05, 0) is 17.7 Å². The van der Waals surface area contributed by atoms with Crippen molar-refractivity contribution < 1.29 is 14.6 Å². The molecule has 0 radical (unpaired) electrons. The molecule has 0 aliphatic carbocycles. The molecule has 5 nitrogen and oxygen atoms in total. The number of nitrogens with one attached hydrogen (secondary N) is 1. The van der Waals surface area contributed by atoms with Crippen LogP contribution in [-0.2, 0) is 6.42 Å². The van der Waals surface area contributed by atoms with Crippen LogP contribution in [0.5, 0.6) is 5.75 Å². The number of carbonyl (C=O) groups is 1. The molecule has 0 amide bonds. The Hall–Kier alpha value is -2.53. The molecule has 22 heavy (non-hydrogen) atoms. The topological polar surface area (TPSA) is 75.2 Å².